The molecule has 3 N–H and O–H groups in total. The van der Waals surface area contributed by atoms with Crippen molar-refractivity contribution in [3.63, 3.8) is 0 Å². The van der Waals surface area contributed by atoms with Crippen molar-refractivity contribution in [1.82, 2.24) is 67.6 Å². The molecule has 2 aliphatic heterocycles. The molecule has 11 aromatic rings. The number of aromatic nitrogens is 12. The summed E-state index contributed by atoms with van der Waals surface area (Å²) in [4.78, 5) is 67.8. The Morgan fingerprint density at radius 2 is 0.935 bits per heavy atom. The maximum Gasteiger partial charge on any atom is 0.269 e. The van der Waals surface area contributed by atoms with Gasteiger partial charge >= 0.3 is 0 Å². The molecular weight excluding hydrogens is 1330 g/mol. The maximum absolute atomic E-state index is 14.5. The van der Waals surface area contributed by atoms with E-state index in [1.54, 1.807) is 66.5 Å². The number of nitrogens with one attached hydrogen (secondary N) is 3. The number of carbonyl (C=O) groups is 2. The Morgan fingerprint density at radius 1 is 0.548 bits per heavy atom. The number of anilines is 2. The van der Waals surface area contributed by atoms with Crippen LogP contribution in [0.1, 0.15) is 46.2 Å². The highest BCUT2D eigenvalue weighted by Gasteiger charge is 2.33. The number of hydrogen-bond donors (Lipinski definition) is 3. The Hall–Kier alpha value is -9.00. The second-order valence-electron chi connectivity index (χ2n) is 20.7. The van der Waals surface area contributed by atoms with Gasteiger partial charge in [0.1, 0.15) is 17.7 Å². The molecule has 0 aliphatic carbocycles. The van der Waals surface area contributed by atoms with Crippen molar-refractivity contribution in [2.75, 3.05) is 44.1 Å². The molecule has 3 atom stereocenters. The molecule has 9 aromatic heterocycles. The zero-order valence-corrected chi connectivity index (χ0v) is 52.4. The van der Waals surface area contributed by atoms with Gasteiger partial charge in [-0.25, -0.2) is 82.8 Å². The molecule has 2 aliphatic rings. The number of halogens is 6. The van der Waals surface area contributed by atoms with Crippen LogP contribution < -0.4 is 10.6 Å². The number of carbonyl (C=O) groups excluding carboxylic acids is 2. The summed E-state index contributed by atoms with van der Waals surface area (Å²) in [6.45, 7) is 4.88. The molecule has 0 spiro atoms. The van der Waals surface area contributed by atoms with Gasteiger partial charge in [-0.05, 0) is 69.2 Å². The van der Waals surface area contributed by atoms with Crippen molar-refractivity contribution in [2.24, 2.45) is 0 Å². The number of benzene rings is 2. The fourth-order valence-corrected chi connectivity index (χ4v) is 13.4. The van der Waals surface area contributed by atoms with E-state index in [9.17, 15) is 43.8 Å². The van der Waals surface area contributed by atoms with Crippen molar-refractivity contribution in [3.8, 4) is 34.2 Å². The van der Waals surface area contributed by atoms with Crippen LogP contribution in [0.2, 0.25) is 15.1 Å². The highest BCUT2D eigenvalue weighted by Crippen LogP contribution is 2.36. The van der Waals surface area contributed by atoms with E-state index in [0.717, 1.165) is 43.0 Å². The van der Waals surface area contributed by atoms with Crippen molar-refractivity contribution in [3.05, 3.63) is 166 Å². The average Bonchev–Trinajstić information content (AvgIpc) is 1.62. The van der Waals surface area contributed by atoms with Crippen LogP contribution in [0.5, 0.6) is 0 Å². The molecule has 486 valence electrons. The second-order valence-corrected chi connectivity index (χ2v) is 26.9. The lowest BCUT2D eigenvalue weighted by Crippen LogP contribution is -2.31. The van der Waals surface area contributed by atoms with Crippen LogP contribution >= 0.6 is 34.8 Å². The zero-order chi connectivity index (χ0) is 64.1. The van der Waals surface area contributed by atoms with E-state index in [1.165, 1.54) is 67.6 Å². The number of hydrogen-bond acceptors (Lipinski definition) is 18. The third-order valence-electron chi connectivity index (χ3n) is 14.5. The summed E-state index contributed by atoms with van der Waals surface area (Å²) in [5.41, 5.74) is 3.92. The van der Waals surface area contributed by atoms with Gasteiger partial charge in [0, 0.05) is 103 Å². The highest BCUT2D eigenvalue weighted by molar-refractivity contribution is 7.90. The van der Waals surface area contributed by atoms with Crippen molar-refractivity contribution in [1.29, 1.82) is 0 Å². The summed E-state index contributed by atoms with van der Waals surface area (Å²) in [6, 6.07) is 16.5. The lowest BCUT2D eigenvalue weighted by molar-refractivity contribution is -0.127. The van der Waals surface area contributed by atoms with E-state index in [1.807, 2.05) is 13.8 Å². The van der Waals surface area contributed by atoms with Gasteiger partial charge in [-0.2, -0.15) is 0 Å². The standard InChI is InChI=1S/C23H20ClFN6O3S.C19H14ClFN4O3S2.C16H14ClFN6O.3CH4/c1-13-3-5-15(6-4-13)35(33,34)31-12-17(16-9-14(24)10-27-22(16)31)20-26-11-18(25)21(29-20)28-19-7-8-30(2)23(19)32;1-11-3-5-13(6-4-11)30(27,28)25-10-15(14-7-12(20)8-23-18(14)25)17-22-9-16(21)19(24-17)29(2)26;1-24-3-2-12(16(24)25)22-15-11(18)7-21-14(23-15)10-6-20-13-9(10)4-8(17)5-19-13;;;/h3-6,9-12,19H,7-8H2,1-2H3,(H,26,28,29);3-10H,1-2H3;4-7,12H,2-3H2,1H3,(H,19,20)(H,21,22,23);3*1H4. The minimum atomic E-state index is -4.02. The van der Waals surface area contributed by atoms with Crippen LogP contribution in [0.15, 0.2) is 137 Å². The van der Waals surface area contributed by atoms with Crippen LogP contribution in [0.25, 0.3) is 67.3 Å². The molecule has 2 aromatic carbocycles. The SMILES string of the molecule is C.C.C.CN1CCC(Nc2nc(-c3c[nH]c4ncc(Cl)cc34)ncc2F)C1=O.Cc1ccc(S(=O)(=O)n2cc(-c3ncc(F)c(NC4CCN(C)C4=O)n3)c3cc(Cl)cnc32)cc1.Cc1ccc(S(=O)(=O)n2cc(-c3ncc(F)c(S(C)=O)n3)c3cc(Cl)cnc32)cc1. The molecule has 32 heteroatoms. The molecule has 0 radical (unpaired) electrons. The van der Waals surface area contributed by atoms with Gasteiger partial charge in [0.15, 0.2) is 62.9 Å². The predicted octanol–water partition coefficient (Wildman–Crippen LogP) is 11.4. The Morgan fingerprint density at radius 3 is 1.34 bits per heavy atom. The first-order chi connectivity index (χ1) is 42.9. The van der Waals surface area contributed by atoms with Gasteiger partial charge in [0.05, 0.1) is 54.2 Å². The Kier molecular flexibility index (Phi) is 21.1. The maximum atomic E-state index is 14.5. The molecule has 0 bridgehead atoms. The number of rotatable bonds is 12. The number of likely N-dealkylation sites (tertiary alicyclic amines) is 2. The molecule has 2 amide bonds. The molecule has 23 nitrogen and oxygen atoms in total. The van der Waals surface area contributed by atoms with Crippen LogP contribution in [0.3, 0.4) is 0 Å². The van der Waals surface area contributed by atoms with E-state index in [-0.39, 0.29) is 99.1 Å². The lowest BCUT2D eigenvalue weighted by atomic mass is 10.2. The summed E-state index contributed by atoms with van der Waals surface area (Å²) < 4.78 is 110. The number of nitrogens with zero attached hydrogens (tertiary/aromatic N) is 13. The minimum absolute atomic E-state index is 0. The predicted molar refractivity (Wildman–Crippen MR) is 353 cm³/mol. The Bertz CT molecular complexity index is 4930. The fourth-order valence-electron chi connectivity index (χ4n) is 9.76. The first-order valence-electron chi connectivity index (χ1n) is 26.9. The van der Waals surface area contributed by atoms with Gasteiger partial charge in [0.2, 0.25) is 11.8 Å². The van der Waals surface area contributed by atoms with Crippen molar-refractivity contribution >= 4 is 122 Å². The van der Waals surface area contributed by atoms with Crippen molar-refractivity contribution in [2.45, 2.75) is 75.9 Å². The van der Waals surface area contributed by atoms with E-state index in [0.29, 0.717) is 64.3 Å². The monoisotopic (exact) mass is 1390 g/mol. The quantitative estimate of drug-likeness (QED) is 0.0958. The van der Waals surface area contributed by atoms with E-state index in [4.69, 9.17) is 34.8 Å². The van der Waals surface area contributed by atoms with Crippen LogP contribution in [0, 0.1) is 31.3 Å². The van der Waals surface area contributed by atoms with Gasteiger partial charge < -0.3 is 25.4 Å². The number of aromatic amines is 1. The van der Waals surface area contributed by atoms with Gasteiger partial charge in [-0.15, -0.1) is 0 Å². The molecular formula is C61H60Cl3F3N16O7S3. The molecule has 3 unspecified atom stereocenters. The van der Waals surface area contributed by atoms with Crippen molar-refractivity contribution < 1.29 is 43.8 Å². The average molecular weight is 1390 g/mol. The minimum Gasteiger partial charge on any atom is -0.356 e. The van der Waals surface area contributed by atoms with Gasteiger partial charge in [-0.1, -0.05) is 92.5 Å². The summed E-state index contributed by atoms with van der Waals surface area (Å²) in [5, 5.41) is 7.95. The van der Waals surface area contributed by atoms with E-state index < -0.39 is 60.4 Å². The molecule has 13 rings (SSSR count). The van der Waals surface area contributed by atoms with Crippen LogP contribution in [-0.4, -0.2) is 146 Å². The van der Waals surface area contributed by atoms with Crippen LogP contribution in [0.4, 0.5) is 24.8 Å². The molecule has 93 heavy (non-hydrogen) atoms. The largest absolute Gasteiger partial charge is 0.356 e. The lowest BCUT2D eigenvalue weighted by Gasteiger charge is -2.13. The van der Waals surface area contributed by atoms with E-state index in [2.05, 4.69) is 60.5 Å². The Balaban J connectivity index is 0.000000179. The first kappa shape index (κ1) is 69.9. The normalized spacial score (nSPS) is 15.0. The Labute approximate surface area is 550 Å². The number of pyridine rings is 3. The van der Waals surface area contributed by atoms with Gasteiger partial charge in [-0.3, -0.25) is 13.8 Å². The van der Waals surface area contributed by atoms with Crippen LogP contribution in [-0.2, 0) is 40.4 Å². The second kappa shape index (κ2) is 28.1. The molecule has 2 fully saturated rings. The molecule has 11 heterocycles. The third-order valence-corrected chi connectivity index (χ3v) is 19.3. The highest BCUT2D eigenvalue weighted by atomic mass is 35.5. The molecule has 2 saturated heterocycles. The number of fused-ring (bicyclic) bond motifs is 3. The third kappa shape index (κ3) is 14.2. The fraction of sp³-hybridized carbons (Fsp3) is 0.230. The summed E-state index contributed by atoms with van der Waals surface area (Å²) in [5.74, 6) is -2.17. The number of aryl methyl sites for hydroxylation is 2. The number of likely N-dealkylation sites (N-methyl/N-ethyl adjacent to an activating group) is 2. The zero-order valence-electron chi connectivity index (χ0n) is 47.7. The smallest absolute Gasteiger partial charge is 0.269 e. The molecule has 0 saturated carbocycles. The summed E-state index contributed by atoms with van der Waals surface area (Å²) in [7, 11) is -6.32. The van der Waals surface area contributed by atoms with E-state index >= 15 is 0 Å². The topological polar surface area (TPSA) is 292 Å². The first-order valence-corrected chi connectivity index (χ1v) is 32.5. The number of amides is 2. The van der Waals surface area contributed by atoms with Gasteiger partial charge in [0.25, 0.3) is 20.0 Å². The summed E-state index contributed by atoms with van der Waals surface area (Å²) in [6.07, 6.45) is 13.9. The summed E-state index contributed by atoms with van der Waals surface area (Å²) >= 11 is 18.2. The number of H-pyrrole nitrogens is 1.